The van der Waals surface area contributed by atoms with Gasteiger partial charge < -0.3 is 5.32 Å². The van der Waals surface area contributed by atoms with Gasteiger partial charge in [-0.05, 0) is 18.4 Å². The Labute approximate surface area is 175 Å². The second kappa shape index (κ2) is 11.0. The Bertz CT molecular complexity index is 954. The molecule has 2 atom stereocenters. The van der Waals surface area contributed by atoms with Gasteiger partial charge in [0.05, 0.1) is 4.92 Å². The van der Waals surface area contributed by atoms with E-state index in [0.717, 1.165) is 36.3 Å². The number of hydrogen-bond donors (Lipinski definition) is 1. The van der Waals surface area contributed by atoms with Crippen LogP contribution >= 0.6 is 0 Å². The molecule has 0 aliphatic rings. The highest BCUT2D eigenvalue weighted by Gasteiger charge is 2.31. The van der Waals surface area contributed by atoms with Gasteiger partial charge in [-0.25, -0.2) is 0 Å². The van der Waals surface area contributed by atoms with Crippen molar-refractivity contribution in [2.75, 3.05) is 6.54 Å². The number of Topliss-reactive ketones (excluding diaryl/α,β-unsaturated/α-hetero) is 1. The summed E-state index contributed by atoms with van der Waals surface area (Å²) in [7, 11) is 0. The molecule has 0 bridgehead atoms. The normalized spacial score (nSPS) is 12.7. The molecule has 0 aliphatic heterocycles. The molecule has 0 saturated carbocycles. The molecule has 0 saturated heterocycles. The molecule has 1 N–H and O–H groups in total. The van der Waals surface area contributed by atoms with E-state index < -0.39 is 28.2 Å². The summed E-state index contributed by atoms with van der Waals surface area (Å²) in [5.74, 6) is -1.00. The zero-order valence-electron chi connectivity index (χ0n) is 17.2. The van der Waals surface area contributed by atoms with Crippen molar-refractivity contribution in [3.8, 4) is 0 Å². The van der Waals surface area contributed by atoms with E-state index in [4.69, 9.17) is 0 Å². The molecule has 2 rings (SSSR count). The number of hydrogen-bond acceptors (Lipinski definition) is 5. The van der Waals surface area contributed by atoms with Gasteiger partial charge in [-0.15, -0.1) is 0 Å². The van der Waals surface area contributed by atoms with Gasteiger partial charge in [0.15, 0.2) is 11.8 Å². The molecule has 0 radical (unpaired) electrons. The Balaban J connectivity index is 2.34. The van der Waals surface area contributed by atoms with Crippen molar-refractivity contribution < 1.29 is 14.5 Å². The monoisotopic (exact) mass is 413 g/mol. The summed E-state index contributed by atoms with van der Waals surface area (Å²) in [6.45, 7) is 4.54. The van der Waals surface area contributed by atoms with Crippen LogP contribution in [0.15, 0.2) is 53.5 Å². The molecular formula is C22H27N3O5. The number of non-ortho nitro benzene ring substituents is 1. The summed E-state index contributed by atoms with van der Waals surface area (Å²) in [4.78, 5) is 48.9. The number of rotatable bonds is 11. The van der Waals surface area contributed by atoms with E-state index in [-0.39, 0.29) is 17.2 Å². The Hall–Kier alpha value is -3.29. The third-order valence-corrected chi connectivity index (χ3v) is 5.08. The third-order valence-electron chi connectivity index (χ3n) is 5.08. The number of pyridine rings is 1. The minimum absolute atomic E-state index is 0.00173. The van der Waals surface area contributed by atoms with Gasteiger partial charge in [-0.3, -0.25) is 29.1 Å². The molecule has 8 nitrogen and oxygen atoms in total. The van der Waals surface area contributed by atoms with Gasteiger partial charge in [0.2, 0.25) is 0 Å². The molecule has 2 aromatic rings. The lowest BCUT2D eigenvalue weighted by molar-refractivity contribution is -0.384. The first-order valence-electron chi connectivity index (χ1n) is 10.1. The molecule has 0 fully saturated rings. The number of nitro benzene ring substituents is 1. The van der Waals surface area contributed by atoms with Crippen molar-refractivity contribution >= 4 is 17.4 Å². The summed E-state index contributed by atoms with van der Waals surface area (Å²) < 4.78 is 1.06. The third kappa shape index (κ3) is 5.85. The quantitative estimate of drug-likeness (QED) is 0.262. The zero-order chi connectivity index (χ0) is 22.1. The second-order valence-corrected chi connectivity index (χ2v) is 7.18. The van der Waals surface area contributed by atoms with E-state index in [2.05, 4.69) is 12.2 Å². The molecule has 1 aromatic heterocycles. The highest BCUT2D eigenvalue weighted by Crippen LogP contribution is 2.19. The fourth-order valence-corrected chi connectivity index (χ4v) is 3.24. The standard InChI is InChI=1S/C22H27N3O5/c1-3-5-9-16(4-2)15-23-22(28)20(24-13-7-6-12-19(24)26)21(27)17-10-8-11-18(14-17)25(29)30/h6-8,10-14,16,20H,3-5,9,15H2,1-2H3,(H,23,28). The molecule has 30 heavy (non-hydrogen) atoms. The van der Waals surface area contributed by atoms with E-state index >= 15 is 0 Å². The number of carbonyl (C=O) groups is 2. The highest BCUT2D eigenvalue weighted by atomic mass is 16.6. The van der Waals surface area contributed by atoms with Gasteiger partial charge in [0.25, 0.3) is 17.2 Å². The fraction of sp³-hybridized carbons (Fsp3) is 0.409. The van der Waals surface area contributed by atoms with Crippen LogP contribution in [0.5, 0.6) is 0 Å². The van der Waals surface area contributed by atoms with Crippen LogP contribution in [0.4, 0.5) is 5.69 Å². The van der Waals surface area contributed by atoms with Gasteiger partial charge >= 0.3 is 0 Å². The first-order valence-corrected chi connectivity index (χ1v) is 10.1. The molecule has 1 heterocycles. The van der Waals surface area contributed by atoms with Crippen LogP contribution in [0.1, 0.15) is 55.9 Å². The molecule has 0 aliphatic carbocycles. The van der Waals surface area contributed by atoms with Crippen molar-refractivity contribution in [3.05, 3.63) is 74.7 Å². The van der Waals surface area contributed by atoms with Crippen molar-refractivity contribution in [2.45, 2.75) is 45.6 Å². The van der Waals surface area contributed by atoms with Crippen LogP contribution in [0.25, 0.3) is 0 Å². The predicted octanol–water partition coefficient (Wildman–Crippen LogP) is 3.51. The Morgan fingerprint density at radius 1 is 1.17 bits per heavy atom. The topological polar surface area (TPSA) is 111 Å². The zero-order valence-corrected chi connectivity index (χ0v) is 17.2. The number of ketones is 1. The number of amides is 1. The lowest BCUT2D eigenvalue weighted by Crippen LogP contribution is -2.42. The lowest BCUT2D eigenvalue weighted by atomic mass is 9.98. The minimum Gasteiger partial charge on any atom is -0.354 e. The molecule has 1 aromatic carbocycles. The van der Waals surface area contributed by atoms with Gasteiger partial charge in [0, 0.05) is 36.5 Å². The first kappa shape index (κ1) is 23.0. The van der Waals surface area contributed by atoms with E-state index in [1.165, 1.54) is 36.5 Å². The minimum atomic E-state index is -1.44. The first-order chi connectivity index (χ1) is 14.4. The van der Waals surface area contributed by atoms with Crippen LogP contribution in [0, 0.1) is 16.0 Å². The van der Waals surface area contributed by atoms with Gasteiger partial charge in [-0.1, -0.05) is 51.3 Å². The molecule has 2 unspecified atom stereocenters. The second-order valence-electron chi connectivity index (χ2n) is 7.18. The van der Waals surface area contributed by atoms with Crippen molar-refractivity contribution in [1.82, 2.24) is 9.88 Å². The number of nitrogens with zero attached hydrogens (tertiary/aromatic N) is 2. The highest BCUT2D eigenvalue weighted by molar-refractivity contribution is 6.12. The largest absolute Gasteiger partial charge is 0.354 e. The Morgan fingerprint density at radius 3 is 2.57 bits per heavy atom. The van der Waals surface area contributed by atoms with E-state index in [9.17, 15) is 24.5 Å². The number of benzene rings is 1. The van der Waals surface area contributed by atoms with Crippen molar-refractivity contribution in [3.63, 3.8) is 0 Å². The summed E-state index contributed by atoms with van der Waals surface area (Å²) in [6, 6.07) is 8.06. The Morgan fingerprint density at radius 2 is 1.93 bits per heavy atom. The van der Waals surface area contributed by atoms with E-state index in [1.807, 2.05) is 6.92 Å². The molecule has 0 spiro atoms. The fourth-order valence-electron chi connectivity index (χ4n) is 3.24. The lowest BCUT2D eigenvalue weighted by Gasteiger charge is -2.21. The van der Waals surface area contributed by atoms with Crippen LogP contribution in [0.2, 0.25) is 0 Å². The number of nitro groups is 1. The number of nitrogens with one attached hydrogen (secondary N) is 1. The average Bonchev–Trinajstić information content (AvgIpc) is 2.75. The number of unbranched alkanes of at least 4 members (excludes halogenated alkanes) is 1. The maximum atomic E-state index is 13.2. The maximum Gasteiger partial charge on any atom is 0.270 e. The summed E-state index contributed by atoms with van der Waals surface area (Å²) in [5.41, 5.74) is -0.765. The summed E-state index contributed by atoms with van der Waals surface area (Å²) >= 11 is 0. The molecular weight excluding hydrogens is 386 g/mol. The van der Waals surface area contributed by atoms with Gasteiger partial charge in [-0.2, -0.15) is 0 Å². The van der Waals surface area contributed by atoms with Crippen LogP contribution < -0.4 is 10.9 Å². The van der Waals surface area contributed by atoms with Crippen LogP contribution in [-0.4, -0.2) is 27.7 Å². The summed E-state index contributed by atoms with van der Waals surface area (Å²) in [5, 5.41) is 13.9. The van der Waals surface area contributed by atoms with Crippen LogP contribution in [-0.2, 0) is 4.79 Å². The molecule has 160 valence electrons. The predicted molar refractivity (Wildman–Crippen MR) is 113 cm³/mol. The van der Waals surface area contributed by atoms with Gasteiger partial charge in [0.1, 0.15) is 0 Å². The van der Waals surface area contributed by atoms with Crippen LogP contribution in [0.3, 0.4) is 0 Å². The molecule has 1 amide bonds. The van der Waals surface area contributed by atoms with E-state index in [1.54, 1.807) is 6.07 Å². The number of carbonyl (C=O) groups excluding carboxylic acids is 2. The molecule has 8 heteroatoms. The van der Waals surface area contributed by atoms with E-state index in [0.29, 0.717) is 6.54 Å². The maximum absolute atomic E-state index is 13.2. The average molecular weight is 413 g/mol. The SMILES string of the molecule is CCCCC(CC)CNC(=O)C(C(=O)c1cccc([N+](=O)[O-])c1)n1ccccc1=O. The van der Waals surface area contributed by atoms with Crippen molar-refractivity contribution in [1.29, 1.82) is 0 Å². The smallest absolute Gasteiger partial charge is 0.270 e. The van der Waals surface area contributed by atoms with Crippen molar-refractivity contribution in [2.24, 2.45) is 5.92 Å². The summed E-state index contributed by atoms with van der Waals surface area (Å²) in [6.07, 6.45) is 5.31. The number of aromatic nitrogens is 1. The Kier molecular flexibility index (Phi) is 8.46.